The molecule has 0 rings (SSSR count). The van der Waals surface area contributed by atoms with Gasteiger partial charge in [-0.2, -0.15) is 0 Å². The molecule has 0 aliphatic carbocycles. The summed E-state index contributed by atoms with van der Waals surface area (Å²) in [5.74, 6) is 0.747. The second-order valence-corrected chi connectivity index (χ2v) is 3.67. The lowest BCUT2D eigenvalue weighted by Crippen LogP contribution is -2.27. The first-order chi connectivity index (χ1) is 5.66. The van der Waals surface area contributed by atoms with E-state index in [0.29, 0.717) is 6.10 Å². The van der Waals surface area contributed by atoms with E-state index in [4.69, 9.17) is 4.74 Å². The van der Waals surface area contributed by atoms with Crippen LogP contribution >= 0.6 is 0 Å². The first-order valence-corrected chi connectivity index (χ1v) is 4.99. The van der Waals surface area contributed by atoms with Gasteiger partial charge in [0.15, 0.2) is 0 Å². The summed E-state index contributed by atoms with van der Waals surface area (Å²) in [7, 11) is 0. The van der Waals surface area contributed by atoms with Gasteiger partial charge in [-0.05, 0) is 25.8 Å². The Kier molecular flexibility index (Phi) is 7.51. The number of nitrogens with one attached hydrogen (secondary N) is 1. The minimum Gasteiger partial charge on any atom is -0.377 e. The average molecular weight is 173 g/mol. The quantitative estimate of drug-likeness (QED) is 0.636. The molecule has 1 atom stereocenters. The van der Waals surface area contributed by atoms with Crippen LogP contribution in [0.5, 0.6) is 0 Å². The topological polar surface area (TPSA) is 21.3 Å². The fraction of sp³-hybridized carbons (Fsp3) is 1.00. The molecule has 0 fully saturated rings. The number of likely N-dealkylation sites (N-methyl/N-ethyl adjacent to an activating group) is 1. The summed E-state index contributed by atoms with van der Waals surface area (Å²) >= 11 is 0. The Hall–Kier alpha value is -0.0800. The van der Waals surface area contributed by atoms with E-state index in [1.54, 1.807) is 0 Å². The van der Waals surface area contributed by atoms with E-state index in [9.17, 15) is 0 Å². The maximum absolute atomic E-state index is 5.59. The minimum absolute atomic E-state index is 0.351. The van der Waals surface area contributed by atoms with Crippen molar-refractivity contribution in [1.29, 1.82) is 0 Å². The highest BCUT2D eigenvalue weighted by molar-refractivity contribution is 4.54. The Morgan fingerprint density at radius 2 is 1.92 bits per heavy atom. The van der Waals surface area contributed by atoms with Crippen molar-refractivity contribution in [3.63, 3.8) is 0 Å². The van der Waals surface area contributed by atoms with Gasteiger partial charge in [0.1, 0.15) is 0 Å². The summed E-state index contributed by atoms with van der Waals surface area (Å²) in [4.78, 5) is 0. The van der Waals surface area contributed by atoms with E-state index in [0.717, 1.165) is 32.0 Å². The lowest BCUT2D eigenvalue weighted by molar-refractivity contribution is 0.0591. The predicted octanol–water partition coefficient (Wildman–Crippen LogP) is 2.05. The smallest absolute Gasteiger partial charge is 0.0671 e. The Morgan fingerprint density at radius 1 is 1.25 bits per heavy atom. The van der Waals surface area contributed by atoms with Crippen molar-refractivity contribution in [1.82, 2.24) is 5.32 Å². The molecule has 0 aliphatic rings. The van der Waals surface area contributed by atoms with Crippen molar-refractivity contribution in [2.24, 2.45) is 5.92 Å². The van der Waals surface area contributed by atoms with Gasteiger partial charge in [-0.3, -0.25) is 0 Å². The van der Waals surface area contributed by atoms with E-state index in [2.05, 4.69) is 33.0 Å². The lowest BCUT2D eigenvalue weighted by atomic mass is 10.1. The Labute approximate surface area is 76.7 Å². The minimum atomic E-state index is 0.351. The normalized spacial score (nSPS) is 13.8. The van der Waals surface area contributed by atoms with Gasteiger partial charge in [0, 0.05) is 13.2 Å². The second-order valence-electron chi connectivity index (χ2n) is 3.67. The van der Waals surface area contributed by atoms with Crippen LogP contribution in [-0.4, -0.2) is 25.8 Å². The van der Waals surface area contributed by atoms with Crippen molar-refractivity contribution in [3.8, 4) is 0 Å². The third-order valence-electron chi connectivity index (χ3n) is 1.78. The van der Waals surface area contributed by atoms with Crippen LogP contribution in [0, 0.1) is 5.92 Å². The first-order valence-electron chi connectivity index (χ1n) is 4.99. The van der Waals surface area contributed by atoms with Crippen LogP contribution in [0.3, 0.4) is 0 Å². The molecule has 0 aromatic rings. The number of hydrogen-bond acceptors (Lipinski definition) is 2. The number of ether oxygens (including phenoxy) is 1. The van der Waals surface area contributed by atoms with Gasteiger partial charge in [0.2, 0.25) is 0 Å². The van der Waals surface area contributed by atoms with Crippen LogP contribution in [0.1, 0.15) is 34.1 Å². The molecule has 12 heavy (non-hydrogen) atoms. The van der Waals surface area contributed by atoms with Gasteiger partial charge >= 0.3 is 0 Å². The fourth-order valence-corrected chi connectivity index (χ4v) is 0.911. The first kappa shape index (κ1) is 11.9. The molecule has 0 aliphatic heterocycles. The molecular weight excluding hydrogens is 150 g/mol. The molecule has 1 N–H and O–H groups in total. The Morgan fingerprint density at radius 3 is 2.42 bits per heavy atom. The molecule has 0 saturated heterocycles. The molecule has 2 heteroatoms. The average Bonchev–Trinajstić information content (AvgIpc) is 2.00. The van der Waals surface area contributed by atoms with Gasteiger partial charge in [-0.1, -0.05) is 20.8 Å². The Bertz CT molecular complexity index is 93.8. The zero-order chi connectivity index (χ0) is 9.40. The van der Waals surface area contributed by atoms with Gasteiger partial charge in [0.25, 0.3) is 0 Å². The molecule has 0 saturated carbocycles. The summed E-state index contributed by atoms with van der Waals surface area (Å²) < 4.78 is 5.59. The SMILES string of the molecule is CCNCC(C)OCCC(C)C. The summed E-state index contributed by atoms with van der Waals surface area (Å²) in [5, 5.41) is 3.26. The Balaban J connectivity index is 3.13. The largest absolute Gasteiger partial charge is 0.377 e. The van der Waals surface area contributed by atoms with Gasteiger partial charge in [0.05, 0.1) is 6.10 Å². The predicted molar refractivity (Wildman–Crippen MR) is 53.4 cm³/mol. The van der Waals surface area contributed by atoms with Crippen molar-refractivity contribution in [2.75, 3.05) is 19.7 Å². The molecule has 0 aromatic heterocycles. The zero-order valence-electron chi connectivity index (χ0n) is 8.89. The third-order valence-corrected chi connectivity index (χ3v) is 1.78. The highest BCUT2D eigenvalue weighted by Crippen LogP contribution is 2.00. The van der Waals surface area contributed by atoms with Crippen molar-refractivity contribution < 1.29 is 4.74 Å². The molecule has 0 radical (unpaired) electrons. The maximum Gasteiger partial charge on any atom is 0.0671 e. The van der Waals surface area contributed by atoms with E-state index in [1.165, 1.54) is 0 Å². The van der Waals surface area contributed by atoms with Crippen LogP contribution in [-0.2, 0) is 4.74 Å². The van der Waals surface area contributed by atoms with Crippen LogP contribution in [0.25, 0.3) is 0 Å². The van der Waals surface area contributed by atoms with Gasteiger partial charge in [-0.15, -0.1) is 0 Å². The molecule has 0 spiro atoms. The summed E-state index contributed by atoms with van der Waals surface area (Å²) in [6.45, 7) is 11.6. The molecule has 0 aromatic carbocycles. The van der Waals surface area contributed by atoms with Crippen molar-refractivity contribution >= 4 is 0 Å². The third kappa shape index (κ3) is 8.02. The molecule has 1 unspecified atom stereocenters. The van der Waals surface area contributed by atoms with Crippen LogP contribution in [0.4, 0.5) is 0 Å². The summed E-state index contributed by atoms with van der Waals surface area (Å²) in [5.41, 5.74) is 0. The molecule has 0 amide bonds. The van der Waals surface area contributed by atoms with Gasteiger partial charge in [-0.25, -0.2) is 0 Å². The zero-order valence-corrected chi connectivity index (χ0v) is 8.89. The van der Waals surface area contributed by atoms with E-state index in [1.807, 2.05) is 0 Å². The summed E-state index contributed by atoms with van der Waals surface area (Å²) in [6, 6.07) is 0. The number of hydrogen-bond donors (Lipinski definition) is 1. The highest BCUT2D eigenvalue weighted by Gasteiger charge is 2.00. The van der Waals surface area contributed by atoms with Crippen LogP contribution in [0.2, 0.25) is 0 Å². The fourth-order valence-electron chi connectivity index (χ4n) is 0.911. The van der Waals surface area contributed by atoms with Crippen LogP contribution < -0.4 is 5.32 Å². The summed E-state index contributed by atoms with van der Waals surface area (Å²) in [6.07, 6.45) is 1.51. The number of rotatable bonds is 7. The molecule has 0 heterocycles. The van der Waals surface area contributed by atoms with E-state index < -0.39 is 0 Å². The van der Waals surface area contributed by atoms with Crippen molar-refractivity contribution in [3.05, 3.63) is 0 Å². The van der Waals surface area contributed by atoms with Gasteiger partial charge < -0.3 is 10.1 Å². The molecule has 74 valence electrons. The standard InChI is InChI=1S/C10H23NO/c1-5-11-8-10(4)12-7-6-9(2)3/h9-11H,5-8H2,1-4H3. The van der Waals surface area contributed by atoms with Crippen LogP contribution in [0.15, 0.2) is 0 Å². The van der Waals surface area contributed by atoms with E-state index in [-0.39, 0.29) is 0 Å². The second kappa shape index (κ2) is 7.56. The highest BCUT2D eigenvalue weighted by atomic mass is 16.5. The van der Waals surface area contributed by atoms with E-state index >= 15 is 0 Å². The molecule has 0 bridgehead atoms. The van der Waals surface area contributed by atoms with Crippen molar-refractivity contribution in [2.45, 2.75) is 40.2 Å². The molecule has 2 nitrogen and oxygen atoms in total. The molecular formula is C10H23NO. The monoisotopic (exact) mass is 173 g/mol. The maximum atomic E-state index is 5.59. The lowest BCUT2D eigenvalue weighted by Gasteiger charge is -2.13.